The highest BCUT2D eigenvalue weighted by Crippen LogP contribution is 2.37. The summed E-state index contributed by atoms with van der Waals surface area (Å²) in [6.07, 6.45) is 0.670. The van der Waals surface area contributed by atoms with Crippen molar-refractivity contribution >= 4 is 28.2 Å². The molecule has 0 aliphatic heterocycles. The van der Waals surface area contributed by atoms with Crippen LogP contribution in [0, 0.1) is 0 Å². The van der Waals surface area contributed by atoms with Crippen molar-refractivity contribution in [2.75, 3.05) is 11.9 Å². The van der Waals surface area contributed by atoms with Gasteiger partial charge in [-0.05, 0) is 30.5 Å². The van der Waals surface area contributed by atoms with Crippen molar-refractivity contribution in [3.63, 3.8) is 0 Å². The van der Waals surface area contributed by atoms with Crippen LogP contribution < -0.4 is 5.32 Å². The highest BCUT2D eigenvalue weighted by molar-refractivity contribution is 7.16. The molecule has 2 atom stereocenters. The topological polar surface area (TPSA) is 55.4 Å². The van der Waals surface area contributed by atoms with Gasteiger partial charge in [0.2, 0.25) is 5.91 Å². The number of carbonyl (C=O) groups is 2. The van der Waals surface area contributed by atoms with Crippen LogP contribution in [0.1, 0.15) is 65.4 Å². The van der Waals surface area contributed by atoms with Gasteiger partial charge in [0.15, 0.2) is 0 Å². The molecule has 156 valence electrons. The van der Waals surface area contributed by atoms with E-state index in [-0.39, 0.29) is 24.3 Å². The Labute approximate surface area is 181 Å². The summed E-state index contributed by atoms with van der Waals surface area (Å²) in [5.41, 5.74) is 2.53. The Bertz CT molecular complexity index is 982. The summed E-state index contributed by atoms with van der Waals surface area (Å²) < 4.78 is 5.24. The van der Waals surface area contributed by atoms with Crippen molar-refractivity contribution in [1.29, 1.82) is 0 Å². The minimum Gasteiger partial charge on any atom is -0.462 e. The van der Waals surface area contributed by atoms with E-state index in [9.17, 15) is 9.59 Å². The van der Waals surface area contributed by atoms with Crippen molar-refractivity contribution in [2.45, 2.75) is 39.0 Å². The Hall–Kier alpha value is -2.92. The Balaban J connectivity index is 1.91. The van der Waals surface area contributed by atoms with E-state index in [4.69, 9.17) is 4.74 Å². The number of hydrogen-bond acceptors (Lipinski definition) is 4. The first kappa shape index (κ1) is 21.8. The maximum absolute atomic E-state index is 13.1. The summed E-state index contributed by atoms with van der Waals surface area (Å²) in [6, 6.07) is 21.7. The van der Waals surface area contributed by atoms with E-state index in [2.05, 4.69) is 24.4 Å². The van der Waals surface area contributed by atoms with Crippen molar-refractivity contribution in [1.82, 2.24) is 0 Å². The summed E-state index contributed by atoms with van der Waals surface area (Å²) in [4.78, 5) is 26.6. The molecule has 0 aliphatic rings. The molecule has 1 heterocycles. The fourth-order valence-electron chi connectivity index (χ4n) is 3.44. The molecular formula is C25H27NO3S. The molecule has 0 bridgehead atoms. The number of amides is 1. The molecule has 0 radical (unpaired) electrons. The second kappa shape index (κ2) is 10.2. The molecule has 1 N–H and O–H groups in total. The summed E-state index contributed by atoms with van der Waals surface area (Å²) in [5.74, 6) is -0.706. The average Bonchev–Trinajstić information content (AvgIpc) is 3.19. The lowest BCUT2D eigenvalue weighted by Gasteiger charge is -2.15. The number of esters is 1. The predicted molar refractivity (Wildman–Crippen MR) is 122 cm³/mol. The lowest BCUT2D eigenvalue weighted by Crippen LogP contribution is -2.21. The zero-order valence-corrected chi connectivity index (χ0v) is 18.4. The van der Waals surface area contributed by atoms with Gasteiger partial charge in [-0.25, -0.2) is 4.79 Å². The second-order valence-electron chi connectivity index (χ2n) is 7.11. The first-order chi connectivity index (χ1) is 14.5. The third-order valence-electron chi connectivity index (χ3n) is 5.14. The van der Waals surface area contributed by atoms with Crippen molar-refractivity contribution in [3.05, 3.63) is 88.3 Å². The molecule has 1 aromatic heterocycles. The molecule has 3 aromatic rings. The predicted octanol–water partition coefficient (Wildman–Crippen LogP) is 6.21. The number of ether oxygens (including phenoxy) is 1. The summed E-state index contributed by atoms with van der Waals surface area (Å²) in [6.45, 7) is 6.15. The molecule has 0 fully saturated rings. The Kier molecular flexibility index (Phi) is 7.41. The summed E-state index contributed by atoms with van der Waals surface area (Å²) in [7, 11) is 0. The van der Waals surface area contributed by atoms with E-state index in [1.165, 1.54) is 11.3 Å². The molecule has 3 rings (SSSR count). The third-order valence-corrected chi connectivity index (χ3v) is 6.37. The van der Waals surface area contributed by atoms with E-state index < -0.39 is 5.97 Å². The summed E-state index contributed by atoms with van der Waals surface area (Å²) in [5, 5.41) is 3.55. The zero-order valence-electron chi connectivity index (χ0n) is 17.6. The number of thiophene rings is 1. The minimum absolute atomic E-state index is 0.103. The number of hydrogen-bond donors (Lipinski definition) is 1. The van der Waals surface area contributed by atoms with Crippen LogP contribution in [-0.2, 0) is 9.53 Å². The molecule has 0 saturated heterocycles. The molecule has 0 unspecified atom stereocenters. The van der Waals surface area contributed by atoms with Crippen LogP contribution in [0.2, 0.25) is 0 Å². The minimum atomic E-state index is -0.414. The Morgan fingerprint density at radius 3 is 2.13 bits per heavy atom. The molecule has 2 aromatic carbocycles. The largest absolute Gasteiger partial charge is 0.462 e. The van der Waals surface area contributed by atoms with Gasteiger partial charge in [-0.1, -0.05) is 74.5 Å². The van der Waals surface area contributed by atoms with Crippen LogP contribution in [0.15, 0.2) is 66.7 Å². The number of benzene rings is 2. The van der Waals surface area contributed by atoms with Crippen LogP contribution in [-0.4, -0.2) is 18.5 Å². The van der Waals surface area contributed by atoms with Gasteiger partial charge in [0.1, 0.15) is 5.00 Å². The highest BCUT2D eigenvalue weighted by atomic mass is 32.1. The second-order valence-corrected chi connectivity index (χ2v) is 8.19. The van der Waals surface area contributed by atoms with E-state index in [0.717, 1.165) is 16.0 Å². The van der Waals surface area contributed by atoms with E-state index in [1.54, 1.807) is 6.92 Å². The maximum Gasteiger partial charge on any atom is 0.341 e. The average molecular weight is 422 g/mol. The Morgan fingerprint density at radius 1 is 0.967 bits per heavy atom. The lowest BCUT2D eigenvalue weighted by molar-refractivity contribution is -0.117. The maximum atomic E-state index is 13.1. The molecule has 0 aliphatic carbocycles. The van der Waals surface area contributed by atoms with Crippen molar-refractivity contribution in [2.24, 2.45) is 0 Å². The molecule has 4 nitrogen and oxygen atoms in total. The molecule has 1 amide bonds. The Morgan fingerprint density at radius 2 is 1.57 bits per heavy atom. The number of carbonyl (C=O) groups excluding carboxylic acids is 2. The molecule has 0 spiro atoms. The quantitative estimate of drug-likeness (QED) is 0.440. The first-order valence-electron chi connectivity index (χ1n) is 10.3. The van der Waals surface area contributed by atoms with Crippen LogP contribution in [0.5, 0.6) is 0 Å². The standard InChI is InChI=1S/C25H27NO3S/c1-4-20(19-14-10-7-11-15-19)23(27)26-24-21(25(28)29-5-2)16-22(30-24)17(3)18-12-8-6-9-13-18/h6-17,20H,4-5H2,1-3H3,(H,26,27)/t17-,20+/m1/s1. The van der Waals surface area contributed by atoms with E-state index in [1.807, 2.05) is 61.5 Å². The fraction of sp³-hybridized carbons (Fsp3) is 0.280. The first-order valence-corrected chi connectivity index (χ1v) is 11.1. The monoisotopic (exact) mass is 421 g/mol. The number of anilines is 1. The van der Waals surface area contributed by atoms with Crippen molar-refractivity contribution in [3.8, 4) is 0 Å². The van der Waals surface area contributed by atoms with Gasteiger partial charge in [0.05, 0.1) is 18.1 Å². The normalized spacial score (nSPS) is 12.8. The zero-order chi connectivity index (χ0) is 21.5. The molecule has 30 heavy (non-hydrogen) atoms. The van der Waals surface area contributed by atoms with Crippen LogP contribution in [0.3, 0.4) is 0 Å². The van der Waals surface area contributed by atoms with Crippen LogP contribution in [0.25, 0.3) is 0 Å². The molecule has 5 heteroatoms. The van der Waals surface area contributed by atoms with Gasteiger partial charge in [-0.15, -0.1) is 11.3 Å². The SMILES string of the molecule is CCOC(=O)c1cc([C@H](C)c2ccccc2)sc1NC(=O)[C@@H](CC)c1ccccc1. The fourth-order valence-corrected chi connectivity index (χ4v) is 4.57. The molecular weight excluding hydrogens is 394 g/mol. The lowest BCUT2D eigenvalue weighted by atomic mass is 9.95. The van der Waals surface area contributed by atoms with Crippen LogP contribution in [0.4, 0.5) is 5.00 Å². The third kappa shape index (κ3) is 4.97. The summed E-state index contributed by atoms with van der Waals surface area (Å²) >= 11 is 1.44. The number of rotatable bonds is 8. The highest BCUT2D eigenvalue weighted by Gasteiger charge is 2.25. The smallest absolute Gasteiger partial charge is 0.341 e. The van der Waals surface area contributed by atoms with E-state index >= 15 is 0 Å². The van der Waals surface area contributed by atoms with Gasteiger partial charge < -0.3 is 10.1 Å². The van der Waals surface area contributed by atoms with Crippen molar-refractivity contribution < 1.29 is 14.3 Å². The van der Waals surface area contributed by atoms with Gasteiger partial charge in [-0.2, -0.15) is 0 Å². The molecule has 0 saturated carbocycles. The number of nitrogens with one attached hydrogen (secondary N) is 1. The van der Waals surface area contributed by atoms with Crippen LogP contribution >= 0.6 is 11.3 Å². The van der Waals surface area contributed by atoms with Gasteiger partial charge in [-0.3, -0.25) is 4.79 Å². The van der Waals surface area contributed by atoms with Gasteiger partial charge in [0.25, 0.3) is 0 Å². The van der Waals surface area contributed by atoms with E-state index in [0.29, 0.717) is 17.0 Å². The van der Waals surface area contributed by atoms with Gasteiger partial charge in [0, 0.05) is 10.8 Å². The van der Waals surface area contributed by atoms with Gasteiger partial charge >= 0.3 is 5.97 Å².